The van der Waals surface area contributed by atoms with E-state index in [4.69, 9.17) is 0 Å². The van der Waals surface area contributed by atoms with Crippen LogP contribution in [-0.4, -0.2) is 16.0 Å². The molecule has 1 fully saturated rings. The van der Waals surface area contributed by atoms with Gasteiger partial charge in [-0.1, -0.05) is 48.5 Å². The standard InChI is InChI=1S/C19H17NO2S/c1-13-7-3-5-9-15(13)11-17-18(21)20(19(22)23-17)12-16-10-6-4-8-14(16)2/h3-11H,12H2,1-2H3/b17-11-. The lowest BCUT2D eigenvalue weighted by atomic mass is 10.1. The molecule has 3 rings (SSSR count). The molecule has 0 spiro atoms. The van der Waals surface area contributed by atoms with E-state index in [9.17, 15) is 9.59 Å². The second-order valence-electron chi connectivity index (χ2n) is 5.55. The molecule has 0 N–H and O–H groups in total. The van der Waals surface area contributed by atoms with Crippen LogP contribution in [0.5, 0.6) is 0 Å². The van der Waals surface area contributed by atoms with Gasteiger partial charge in [0.15, 0.2) is 0 Å². The smallest absolute Gasteiger partial charge is 0.268 e. The molecule has 0 aliphatic carbocycles. The van der Waals surface area contributed by atoms with Crippen molar-refractivity contribution in [3.05, 3.63) is 75.7 Å². The maximum Gasteiger partial charge on any atom is 0.293 e. The van der Waals surface area contributed by atoms with Crippen molar-refractivity contribution in [2.45, 2.75) is 20.4 Å². The molecule has 1 heterocycles. The van der Waals surface area contributed by atoms with E-state index in [1.165, 1.54) is 4.90 Å². The van der Waals surface area contributed by atoms with E-state index in [1.54, 1.807) is 6.08 Å². The lowest BCUT2D eigenvalue weighted by molar-refractivity contribution is -0.123. The van der Waals surface area contributed by atoms with E-state index in [2.05, 4.69) is 0 Å². The Kier molecular flexibility index (Phi) is 4.35. The molecule has 2 aromatic carbocycles. The van der Waals surface area contributed by atoms with Crippen molar-refractivity contribution < 1.29 is 9.59 Å². The van der Waals surface area contributed by atoms with Crippen LogP contribution in [0.15, 0.2) is 53.4 Å². The summed E-state index contributed by atoms with van der Waals surface area (Å²) in [6.45, 7) is 4.30. The summed E-state index contributed by atoms with van der Waals surface area (Å²) in [5.41, 5.74) is 4.12. The first-order valence-corrected chi connectivity index (χ1v) is 8.23. The third-order valence-corrected chi connectivity index (χ3v) is 4.85. The molecule has 0 atom stereocenters. The molecule has 3 nitrogen and oxygen atoms in total. The van der Waals surface area contributed by atoms with Gasteiger partial charge in [0.1, 0.15) is 0 Å². The molecule has 23 heavy (non-hydrogen) atoms. The third-order valence-electron chi connectivity index (χ3n) is 3.94. The van der Waals surface area contributed by atoms with Gasteiger partial charge in [0.2, 0.25) is 0 Å². The Morgan fingerprint density at radius 3 is 2.30 bits per heavy atom. The second kappa shape index (κ2) is 6.42. The quantitative estimate of drug-likeness (QED) is 0.778. The summed E-state index contributed by atoms with van der Waals surface area (Å²) < 4.78 is 0. The van der Waals surface area contributed by atoms with E-state index in [0.717, 1.165) is 34.0 Å². The van der Waals surface area contributed by atoms with Gasteiger partial charge in [-0.05, 0) is 53.9 Å². The maximum atomic E-state index is 12.6. The van der Waals surface area contributed by atoms with Crippen molar-refractivity contribution in [2.75, 3.05) is 0 Å². The Bertz CT molecular complexity index is 811. The maximum absolute atomic E-state index is 12.6. The molecule has 2 amide bonds. The normalized spacial score (nSPS) is 16.4. The molecule has 0 radical (unpaired) electrons. The van der Waals surface area contributed by atoms with Crippen molar-refractivity contribution in [3.8, 4) is 0 Å². The highest BCUT2D eigenvalue weighted by molar-refractivity contribution is 8.18. The van der Waals surface area contributed by atoms with Crippen LogP contribution in [0.3, 0.4) is 0 Å². The summed E-state index contributed by atoms with van der Waals surface area (Å²) in [4.78, 5) is 26.6. The summed E-state index contributed by atoms with van der Waals surface area (Å²) in [5.74, 6) is -0.216. The van der Waals surface area contributed by atoms with Gasteiger partial charge in [-0.15, -0.1) is 0 Å². The summed E-state index contributed by atoms with van der Waals surface area (Å²) in [5, 5.41) is -0.210. The summed E-state index contributed by atoms with van der Waals surface area (Å²) in [6, 6.07) is 15.6. The summed E-state index contributed by atoms with van der Waals surface area (Å²) in [6.07, 6.45) is 1.80. The first-order valence-electron chi connectivity index (χ1n) is 7.42. The van der Waals surface area contributed by atoms with Gasteiger partial charge in [-0.2, -0.15) is 0 Å². The second-order valence-corrected chi connectivity index (χ2v) is 6.54. The molecule has 1 saturated heterocycles. The minimum Gasteiger partial charge on any atom is -0.268 e. The SMILES string of the molecule is Cc1ccccc1/C=C1\SC(=O)N(Cc2ccccc2C)C1=O. The molecule has 116 valence electrons. The van der Waals surface area contributed by atoms with Gasteiger partial charge in [0, 0.05) is 0 Å². The molecule has 0 unspecified atom stereocenters. The zero-order valence-electron chi connectivity index (χ0n) is 13.1. The number of thioether (sulfide) groups is 1. The molecular weight excluding hydrogens is 306 g/mol. The summed E-state index contributed by atoms with van der Waals surface area (Å²) in [7, 11) is 0. The highest BCUT2D eigenvalue weighted by atomic mass is 32.2. The van der Waals surface area contributed by atoms with Crippen LogP contribution in [0.2, 0.25) is 0 Å². The topological polar surface area (TPSA) is 37.4 Å². The zero-order chi connectivity index (χ0) is 16.4. The van der Waals surface area contributed by atoms with Crippen molar-refractivity contribution in [3.63, 3.8) is 0 Å². The highest BCUT2D eigenvalue weighted by Crippen LogP contribution is 2.33. The number of benzene rings is 2. The number of amides is 2. The number of carbonyl (C=O) groups is 2. The number of carbonyl (C=O) groups excluding carboxylic acids is 2. The van der Waals surface area contributed by atoms with Gasteiger partial charge in [0.05, 0.1) is 11.4 Å². The van der Waals surface area contributed by atoms with Crippen LogP contribution in [0.4, 0.5) is 4.79 Å². The van der Waals surface area contributed by atoms with Crippen molar-refractivity contribution in [2.24, 2.45) is 0 Å². The number of hydrogen-bond donors (Lipinski definition) is 0. The van der Waals surface area contributed by atoms with E-state index in [1.807, 2.05) is 62.4 Å². The van der Waals surface area contributed by atoms with Gasteiger partial charge >= 0.3 is 0 Å². The van der Waals surface area contributed by atoms with E-state index in [-0.39, 0.29) is 11.1 Å². The number of rotatable bonds is 3. The predicted octanol–water partition coefficient (Wildman–Crippen LogP) is 4.54. The Morgan fingerprint density at radius 2 is 1.61 bits per heavy atom. The first-order chi connectivity index (χ1) is 11.1. The first kappa shape index (κ1) is 15.6. The minimum atomic E-state index is -0.216. The lowest BCUT2D eigenvalue weighted by Gasteiger charge is -2.14. The molecule has 0 saturated carbocycles. The summed E-state index contributed by atoms with van der Waals surface area (Å²) >= 11 is 1.01. The van der Waals surface area contributed by atoms with Gasteiger partial charge in [-0.25, -0.2) is 0 Å². The molecule has 0 aromatic heterocycles. The van der Waals surface area contributed by atoms with Crippen molar-refractivity contribution >= 4 is 29.0 Å². The Hall–Kier alpha value is -2.33. The average Bonchev–Trinajstić information content (AvgIpc) is 2.79. The fourth-order valence-electron chi connectivity index (χ4n) is 2.48. The number of nitrogens with zero attached hydrogens (tertiary/aromatic N) is 1. The van der Waals surface area contributed by atoms with Crippen LogP contribution in [0.1, 0.15) is 22.3 Å². The molecule has 1 aliphatic rings. The Labute approximate surface area is 140 Å². The van der Waals surface area contributed by atoms with Crippen LogP contribution in [0, 0.1) is 13.8 Å². The Morgan fingerprint density at radius 1 is 0.957 bits per heavy atom. The predicted molar refractivity (Wildman–Crippen MR) is 93.9 cm³/mol. The molecule has 4 heteroatoms. The van der Waals surface area contributed by atoms with E-state index >= 15 is 0 Å². The van der Waals surface area contributed by atoms with Crippen LogP contribution >= 0.6 is 11.8 Å². The van der Waals surface area contributed by atoms with E-state index in [0.29, 0.717) is 11.4 Å². The zero-order valence-corrected chi connectivity index (χ0v) is 13.9. The third kappa shape index (κ3) is 3.22. The number of aryl methyl sites for hydroxylation is 2. The van der Waals surface area contributed by atoms with E-state index < -0.39 is 0 Å². The molecule has 2 aromatic rings. The van der Waals surface area contributed by atoms with Crippen LogP contribution in [0.25, 0.3) is 6.08 Å². The number of imide groups is 1. The highest BCUT2D eigenvalue weighted by Gasteiger charge is 2.35. The van der Waals surface area contributed by atoms with Crippen LogP contribution in [-0.2, 0) is 11.3 Å². The monoisotopic (exact) mass is 323 g/mol. The lowest BCUT2D eigenvalue weighted by Crippen LogP contribution is -2.27. The molecule has 0 bridgehead atoms. The van der Waals surface area contributed by atoms with Gasteiger partial charge < -0.3 is 0 Å². The van der Waals surface area contributed by atoms with Crippen molar-refractivity contribution in [1.29, 1.82) is 0 Å². The average molecular weight is 323 g/mol. The molecular formula is C19H17NO2S. The van der Waals surface area contributed by atoms with Crippen molar-refractivity contribution in [1.82, 2.24) is 4.90 Å². The van der Waals surface area contributed by atoms with Crippen LogP contribution < -0.4 is 0 Å². The fraction of sp³-hybridized carbons (Fsp3) is 0.158. The van der Waals surface area contributed by atoms with Gasteiger partial charge in [0.25, 0.3) is 11.1 Å². The molecule has 1 aliphatic heterocycles. The Balaban J connectivity index is 1.86. The number of hydrogen-bond acceptors (Lipinski definition) is 3. The fourth-order valence-corrected chi connectivity index (χ4v) is 3.31. The van der Waals surface area contributed by atoms with Gasteiger partial charge in [-0.3, -0.25) is 14.5 Å². The minimum absolute atomic E-state index is 0.210. The largest absolute Gasteiger partial charge is 0.293 e.